The van der Waals surface area contributed by atoms with E-state index in [4.69, 9.17) is 4.74 Å². The number of aromatic nitrogens is 2. The van der Waals surface area contributed by atoms with E-state index in [9.17, 15) is 4.79 Å². The van der Waals surface area contributed by atoms with Gasteiger partial charge in [0.1, 0.15) is 11.9 Å². The van der Waals surface area contributed by atoms with Gasteiger partial charge >= 0.3 is 0 Å². The molecule has 6 nitrogen and oxygen atoms in total. The second-order valence-electron chi connectivity index (χ2n) is 6.25. The van der Waals surface area contributed by atoms with Crippen molar-refractivity contribution < 1.29 is 9.53 Å². The first-order chi connectivity index (χ1) is 12.2. The van der Waals surface area contributed by atoms with Crippen molar-refractivity contribution in [2.45, 2.75) is 32.8 Å². The maximum absolute atomic E-state index is 12.6. The van der Waals surface area contributed by atoms with Gasteiger partial charge in [0.2, 0.25) is 5.95 Å². The molecule has 0 saturated carbocycles. The molecule has 0 aliphatic carbocycles. The van der Waals surface area contributed by atoms with Crippen LogP contribution in [0, 0.1) is 6.92 Å². The molecule has 3 rings (SSSR count). The molecule has 2 aromatic rings. The van der Waals surface area contributed by atoms with Crippen LogP contribution < -0.4 is 10.1 Å². The molecule has 1 aromatic carbocycles. The van der Waals surface area contributed by atoms with Crippen LogP contribution in [0.15, 0.2) is 36.7 Å². The number of rotatable bonds is 5. The van der Waals surface area contributed by atoms with E-state index in [1.165, 1.54) is 5.56 Å². The number of hydrogen-bond acceptors (Lipinski definition) is 5. The summed E-state index contributed by atoms with van der Waals surface area (Å²) in [4.78, 5) is 22.8. The molecule has 1 N–H and O–H groups in total. The number of amides is 1. The summed E-state index contributed by atoms with van der Waals surface area (Å²) in [6, 6.07) is 8.08. The molecule has 0 radical (unpaired) electrons. The molecule has 132 valence electrons. The Hall–Kier alpha value is -2.63. The molecular weight excluding hydrogens is 316 g/mol. The number of ether oxygens (including phenoxy) is 1. The zero-order chi connectivity index (χ0) is 17.6. The summed E-state index contributed by atoms with van der Waals surface area (Å²) >= 11 is 0. The summed E-state index contributed by atoms with van der Waals surface area (Å²) in [5.41, 5.74) is 1.71. The minimum Gasteiger partial charge on any atom is -0.490 e. The standard InChI is InChI=1S/C19H24N4O2/c1-3-20-19-21-12-15(13-22-19)18(24)23-9-7-16(8-10-23)25-17-6-4-5-14(2)11-17/h4-6,11-13,16H,3,7-10H2,1-2H3,(H,20,21,22). The molecule has 1 aromatic heterocycles. The molecule has 25 heavy (non-hydrogen) atoms. The van der Waals surface area contributed by atoms with Crippen molar-refractivity contribution in [3.05, 3.63) is 47.8 Å². The van der Waals surface area contributed by atoms with Crippen molar-refractivity contribution in [2.75, 3.05) is 25.0 Å². The van der Waals surface area contributed by atoms with E-state index in [0.29, 0.717) is 24.6 Å². The van der Waals surface area contributed by atoms with Gasteiger partial charge in [0.05, 0.1) is 5.56 Å². The van der Waals surface area contributed by atoms with Crippen LogP contribution in [0.2, 0.25) is 0 Å². The average molecular weight is 340 g/mol. The highest BCUT2D eigenvalue weighted by Crippen LogP contribution is 2.21. The summed E-state index contributed by atoms with van der Waals surface area (Å²) in [7, 11) is 0. The van der Waals surface area contributed by atoms with Gasteiger partial charge in [-0.1, -0.05) is 12.1 Å². The fraction of sp³-hybridized carbons (Fsp3) is 0.421. The van der Waals surface area contributed by atoms with E-state index in [1.807, 2.05) is 30.0 Å². The van der Waals surface area contributed by atoms with E-state index >= 15 is 0 Å². The van der Waals surface area contributed by atoms with E-state index in [0.717, 1.165) is 25.1 Å². The van der Waals surface area contributed by atoms with Crippen molar-refractivity contribution in [3.63, 3.8) is 0 Å². The molecule has 6 heteroatoms. The number of carbonyl (C=O) groups excluding carboxylic acids is 1. The van der Waals surface area contributed by atoms with Crippen LogP contribution in [0.3, 0.4) is 0 Å². The Labute approximate surface area is 148 Å². The van der Waals surface area contributed by atoms with Crippen LogP contribution >= 0.6 is 0 Å². The van der Waals surface area contributed by atoms with Crippen LogP contribution in [0.1, 0.15) is 35.7 Å². The molecule has 0 atom stereocenters. The van der Waals surface area contributed by atoms with Crippen molar-refractivity contribution in [1.29, 1.82) is 0 Å². The van der Waals surface area contributed by atoms with Crippen LogP contribution in [0.5, 0.6) is 5.75 Å². The summed E-state index contributed by atoms with van der Waals surface area (Å²) in [6.45, 7) is 6.15. The number of aryl methyl sites for hydroxylation is 1. The molecule has 1 amide bonds. The molecule has 1 aliphatic rings. The van der Waals surface area contributed by atoms with Crippen molar-refractivity contribution in [3.8, 4) is 5.75 Å². The third kappa shape index (κ3) is 4.47. The quantitative estimate of drug-likeness (QED) is 0.906. The second-order valence-corrected chi connectivity index (χ2v) is 6.25. The highest BCUT2D eigenvalue weighted by Gasteiger charge is 2.25. The first-order valence-corrected chi connectivity index (χ1v) is 8.74. The predicted octanol–water partition coefficient (Wildman–Crippen LogP) is 2.90. The van der Waals surface area contributed by atoms with Crippen molar-refractivity contribution >= 4 is 11.9 Å². The highest BCUT2D eigenvalue weighted by molar-refractivity contribution is 5.93. The zero-order valence-electron chi connectivity index (χ0n) is 14.7. The average Bonchev–Trinajstić information content (AvgIpc) is 2.63. The summed E-state index contributed by atoms with van der Waals surface area (Å²) in [5, 5.41) is 3.02. The molecule has 1 fully saturated rings. The fourth-order valence-corrected chi connectivity index (χ4v) is 2.93. The van der Waals surface area contributed by atoms with Gasteiger partial charge in [0.15, 0.2) is 0 Å². The van der Waals surface area contributed by atoms with Gasteiger partial charge < -0.3 is 15.0 Å². The third-order valence-electron chi connectivity index (χ3n) is 4.26. The van der Waals surface area contributed by atoms with Crippen LogP contribution in [0.4, 0.5) is 5.95 Å². The molecule has 0 bridgehead atoms. The maximum atomic E-state index is 12.6. The Morgan fingerprint density at radius 2 is 2.00 bits per heavy atom. The van der Waals surface area contributed by atoms with Gasteiger partial charge in [-0.05, 0) is 31.5 Å². The Kier molecular flexibility index (Phi) is 5.48. The number of carbonyl (C=O) groups is 1. The fourth-order valence-electron chi connectivity index (χ4n) is 2.93. The van der Waals surface area contributed by atoms with Crippen LogP contribution in [-0.4, -0.2) is 46.5 Å². The lowest BCUT2D eigenvalue weighted by Gasteiger charge is -2.32. The van der Waals surface area contributed by atoms with Gasteiger partial charge in [-0.2, -0.15) is 0 Å². The number of likely N-dealkylation sites (tertiary alicyclic amines) is 1. The zero-order valence-corrected chi connectivity index (χ0v) is 14.7. The second kappa shape index (κ2) is 7.96. The summed E-state index contributed by atoms with van der Waals surface area (Å²) in [5.74, 6) is 1.43. The topological polar surface area (TPSA) is 67.4 Å². The lowest BCUT2D eigenvalue weighted by Crippen LogP contribution is -2.41. The minimum absolute atomic E-state index is 0.0166. The smallest absolute Gasteiger partial charge is 0.256 e. The molecule has 1 saturated heterocycles. The predicted molar refractivity (Wildman–Crippen MR) is 96.9 cm³/mol. The highest BCUT2D eigenvalue weighted by atomic mass is 16.5. The lowest BCUT2D eigenvalue weighted by atomic mass is 10.1. The Bertz CT molecular complexity index is 710. The van der Waals surface area contributed by atoms with E-state index in [-0.39, 0.29) is 12.0 Å². The Morgan fingerprint density at radius 3 is 2.64 bits per heavy atom. The van der Waals surface area contributed by atoms with E-state index in [1.54, 1.807) is 12.4 Å². The first kappa shape index (κ1) is 17.2. The number of benzene rings is 1. The Balaban J connectivity index is 1.53. The SMILES string of the molecule is CCNc1ncc(C(=O)N2CCC(Oc3cccc(C)c3)CC2)cn1. The lowest BCUT2D eigenvalue weighted by molar-refractivity contribution is 0.0595. The number of anilines is 1. The molecule has 0 unspecified atom stereocenters. The summed E-state index contributed by atoms with van der Waals surface area (Å²) < 4.78 is 6.04. The van der Waals surface area contributed by atoms with Crippen LogP contribution in [-0.2, 0) is 0 Å². The normalized spacial score (nSPS) is 15.0. The van der Waals surface area contributed by atoms with Gasteiger partial charge in [0, 0.05) is 44.9 Å². The molecule has 2 heterocycles. The summed E-state index contributed by atoms with van der Waals surface area (Å²) in [6.07, 6.45) is 4.98. The molecular formula is C19H24N4O2. The van der Waals surface area contributed by atoms with Crippen molar-refractivity contribution in [1.82, 2.24) is 14.9 Å². The van der Waals surface area contributed by atoms with Gasteiger partial charge in [-0.3, -0.25) is 4.79 Å². The minimum atomic E-state index is -0.0166. The van der Waals surface area contributed by atoms with Gasteiger partial charge in [0.25, 0.3) is 5.91 Å². The number of nitrogens with one attached hydrogen (secondary N) is 1. The van der Waals surface area contributed by atoms with Gasteiger partial charge in [-0.25, -0.2) is 9.97 Å². The van der Waals surface area contributed by atoms with Crippen molar-refractivity contribution in [2.24, 2.45) is 0 Å². The Morgan fingerprint density at radius 1 is 1.28 bits per heavy atom. The monoisotopic (exact) mass is 340 g/mol. The number of nitrogens with zero attached hydrogens (tertiary/aromatic N) is 3. The molecule has 1 aliphatic heterocycles. The van der Waals surface area contributed by atoms with E-state index < -0.39 is 0 Å². The third-order valence-corrected chi connectivity index (χ3v) is 4.26. The number of hydrogen-bond donors (Lipinski definition) is 1. The van der Waals surface area contributed by atoms with Crippen LogP contribution in [0.25, 0.3) is 0 Å². The molecule has 0 spiro atoms. The largest absolute Gasteiger partial charge is 0.490 e. The first-order valence-electron chi connectivity index (χ1n) is 8.74. The number of piperidine rings is 1. The maximum Gasteiger partial charge on any atom is 0.256 e. The van der Waals surface area contributed by atoms with E-state index in [2.05, 4.69) is 28.3 Å². The van der Waals surface area contributed by atoms with Gasteiger partial charge in [-0.15, -0.1) is 0 Å².